The SMILES string of the molecule is c1ccc(CN2CC[C@](Cc3ccccc3)(c3ccc4c(cnn4[C@@H]4CCCCO4)c3)C2)cc1. The van der Waals surface area contributed by atoms with E-state index in [1.807, 2.05) is 6.20 Å². The third-order valence-corrected chi connectivity index (χ3v) is 7.70. The van der Waals surface area contributed by atoms with Gasteiger partial charge in [0.1, 0.15) is 0 Å². The second kappa shape index (κ2) is 9.36. The molecule has 0 bridgehead atoms. The van der Waals surface area contributed by atoms with Crippen LogP contribution in [0.4, 0.5) is 0 Å². The highest BCUT2D eigenvalue weighted by molar-refractivity contribution is 5.80. The number of aromatic nitrogens is 2. The summed E-state index contributed by atoms with van der Waals surface area (Å²) in [7, 11) is 0. The molecule has 2 atom stereocenters. The van der Waals surface area contributed by atoms with E-state index >= 15 is 0 Å². The van der Waals surface area contributed by atoms with E-state index in [-0.39, 0.29) is 11.6 Å². The number of nitrogens with zero attached hydrogens (tertiary/aromatic N) is 3. The quantitative estimate of drug-likeness (QED) is 0.354. The second-order valence-corrected chi connectivity index (χ2v) is 10.1. The van der Waals surface area contributed by atoms with Gasteiger partial charge < -0.3 is 4.74 Å². The van der Waals surface area contributed by atoms with Crippen LogP contribution in [0.3, 0.4) is 0 Å². The van der Waals surface area contributed by atoms with Gasteiger partial charge in [0, 0.05) is 30.5 Å². The van der Waals surface area contributed by atoms with Crippen molar-refractivity contribution in [2.75, 3.05) is 19.7 Å². The van der Waals surface area contributed by atoms with E-state index in [1.165, 1.54) is 40.4 Å². The Morgan fingerprint density at radius 3 is 2.47 bits per heavy atom. The monoisotopic (exact) mass is 451 g/mol. The van der Waals surface area contributed by atoms with Crippen molar-refractivity contribution in [2.24, 2.45) is 0 Å². The van der Waals surface area contributed by atoms with E-state index in [2.05, 4.69) is 88.4 Å². The van der Waals surface area contributed by atoms with Gasteiger partial charge in [0.2, 0.25) is 0 Å². The third kappa shape index (κ3) is 4.28. The number of likely N-dealkylation sites (tertiary alicyclic amines) is 1. The van der Waals surface area contributed by atoms with E-state index < -0.39 is 0 Å². The molecular formula is C30H33N3O. The van der Waals surface area contributed by atoms with Crippen LogP contribution >= 0.6 is 0 Å². The Bertz CT molecular complexity index is 1230. The van der Waals surface area contributed by atoms with Gasteiger partial charge in [-0.1, -0.05) is 66.7 Å². The van der Waals surface area contributed by atoms with E-state index in [9.17, 15) is 0 Å². The van der Waals surface area contributed by atoms with Gasteiger partial charge in [-0.3, -0.25) is 4.90 Å². The first-order valence-electron chi connectivity index (χ1n) is 12.7. The van der Waals surface area contributed by atoms with Crippen LogP contribution in [0.25, 0.3) is 10.9 Å². The fourth-order valence-electron chi connectivity index (χ4n) is 5.93. The molecule has 0 aliphatic carbocycles. The van der Waals surface area contributed by atoms with Crippen LogP contribution in [0.5, 0.6) is 0 Å². The number of hydrogen-bond donors (Lipinski definition) is 0. The maximum absolute atomic E-state index is 6.02. The Kier molecular flexibility index (Phi) is 5.94. The van der Waals surface area contributed by atoms with Crippen LogP contribution in [0.2, 0.25) is 0 Å². The topological polar surface area (TPSA) is 30.3 Å². The van der Waals surface area contributed by atoms with E-state index in [1.54, 1.807) is 0 Å². The van der Waals surface area contributed by atoms with Crippen LogP contribution < -0.4 is 0 Å². The molecule has 34 heavy (non-hydrogen) atoms. The van der Waals surface area contributed by atoms with Crippen molar-refractivity contribution in [1.82, 2.24) is 14.7 Å². The van der Waals surface area contributed by atoms with Gasteiger partial charge in [0.15, 0.2) is 6.23 Å². The van der Waals surface area contributed by atoms with Crippen molar-refractivity contribution < 1.29 is 4.74 Å². The molecule has 0 unspecified atom stereocenters. The molecular weight excluding hydrogens is 418 g/mol. The first-order valence-corrected chi connectivity index (χ1v) is 12.7. The first kappa shape index (κ1) is 21.6. The lowest BCUT2D eigenvalue weighted by Gasteiger charge is -2.31. The summed E-state index contributed by atoms with van der Waals surface area (Å²) in [5.74, 6) is 0. The first-order chi connectivity index (χ1) is 16.8. The summed E-state index contributed by atoms with van der Waals surface area (Å²) in [6.07, 6.45) is 7.74. The molecule has 174 valence electrons. The van der Waals surface area contributed by atoms with Gasteiger partial charge >= 0.3 is 0 Å². The van der Waals surface area contributed by atoms with Crippen LogP contribution in [0.1, 0.15) is 48.6 Å². The summed E-state index contributed by atoms with van der Waals surface area (Å²) in [6.45, 7) is 4.04. The highest BCUT2D eigenvalue weighted by Crippen LogP contribution is 2.40. The highest BCUT2D eigenvalue weighted by atomic mass is 16.5. The molecule has 3 aromatic carbocycles. The van der Waals surface area contributed by atoms with Gasteiger partial charge in [-0.15, -0.1) is 0 Å². The minimum atomic E-state index is 0.0724. The Labute approximate surface area is 202 Å². The molecule has 0 saturated carbocycles. The molecule has 0 radical (unpaired) electrons. The average Bonchev–Trinajstić information content (AvgIpc) is 3.50. The lowest BCUT2D eigenvalue weighted by molar-refractivity contribution is -0.0366. The number of ether oxygens (including phenoxy) is 1. The maximum Gasteiger partial charge on any atom is 0.150 e. The molecule has 2 saturated heterocycles. The van der Waals surface area contributed by atoms with E-state index in [4.69, 9.17) is 9.84 Å². The fraction of sp³-hybridized carbons (Fsp3) is 0.367. The summed E-state index contributed by atoms with van der Waals surface area (Å²) in [5, 5.41) is 5.97. The largest absolute Gasteiger partial charge is 0.356 e. The van der Waals surface area contributed by atoms with Gasteiger partial charge in [-0.25, -0.2) is 4.68 Å². The highest BCUT2D eigenvalue weighted by Gasteiger charge is 2.40. The molecule has 0 amide bonds. The van der Waals surface area contributed by atoms with Crippen LogP contribution in [-0.4, -0.2) is 34.4 Å². The number of benzene rings is 3. The Balaban J connectivity index is 1.32. The van der Waals surface area contributed by atoms with Gasteiger partial charge in [0.05, 0.1) is 11.7 Å². The molecule has 4 heteroatoms. The zero-order valence-electron chi connectivity index (χ0n) is 19.8. The van der Waals surface area contributed by atoms with E-state index in [0.29, 0.717) is 0 Å². The maximum atomic E-state index is 6.02. The summed E-state index contributed by atoms with van der Waals surface area (Å²) in [4.78, 5) is 2.63. The number of rotatable bonds is 6. The number of fused-ring (bicyclic) bond motifs is 1. The Hall–Kier alpha value is -2.95. The predicted molar refractivity (Wildman–Crippen MR) is 137 cm³/mol. The normalized spacial score (nSPS) is 23.5. The summed E-state index contributed by atoms with van der Waals surface area (Å²) in [5.41, 5.74) is 5.53. The van der Waals surface area contributed by atoms with Gasteiger partial charge in [0.25, 0.3) is 0 Å². The molecule has 6 rings (SSSR count). The zero-order chi connectivity index (χ0) is 22.8. The van der Waals surface area contributed by atoms with Crippen molar-refractivity contribution >= 4 is 10.9 Å². The number of hydrogen-bond acceptors (Lipinski definition) is 3. The summed E-state index contributed by atoms with van der Waals surface area (Å²) >= 11 is 0. The van der Waals surface area contributed by atoms with Gasteiger partial charge in [-0.2, -0.15) is 5.10 Å². The lowest BCUT2D eigenvalue weighted by atomic mass is 9.74. The molecule has 0 spiro atoms. The molecule has 4 aromatic rings. The second-order valence-electron chi connectivity index (χ2n) is 10.1. The van der Waals surface area contributed by atoms with Crippen LogP contribution in [-0.2, 0) is 23.1 Å². The zero-order valence-corrected chi connectivity index (χ0v) is 19.8. The van der Waals surface area contributed by atoms with Gasteiger partial charge in [-0.05, 0) is 67.5 Å². The molecule has 3 heterocycles. The van der Waals surface area contributed by atoms with Crippen molar-refractivity contribution in [3.8, 4) is 0 Å². The van der Waals surface area contributed by atoms with E-state index in [0.717, 1.165) is 45.5 Å². The summed E-state index contributed by atoms with van der Waals surface area (Å²) in [6, 6.07) is 28.9. The molecule has 4 nitrogen and oxygen atoms in total. The summed E-state index contributed by atoms with van der Waals surface area (Å²) < 4.78 is 8.12. The Morgan fingerprint density at radius 2 is 1.71 bits per heavy atom. The van der Waals surface area contributed by atoms with Crippen LogP contribution in [0.15, 0.2) is 85.1 Å². The minimum Gasteiger partial charge on any atom is -0.356 e. The lowest BCUT2D eigenvalue weighted by Crippen LogP contribution is -2.33. The fourth-order valence-corrected chi connectivity index (χ4v) is 5.93. The predicted octanol–water partition coefficient (Wildman–Crippen LogP) is 6.12. The molecule has 1 aromatic heterocycles. The molecule has 2 aliphatic rings. The standard InChI is InChI=1S/C30H33N3O/c1-3-9-24(10-4-1)20-30(16-17-32(23-30)22-25-11-5-2-6-12-25)27-14-15-28-26(19-27)21-31-33(28)29-13-7-8-18-34-29/h1-6,9-12,14-15,19,21,29H,7-8,13,16-18,20,22-23H2/t29-,30+/m0/s1. The van der Waals surface area contributed by atoms with Crippen molar-refractivity contribution in [3.63, 3.8) is 0 Å². The molecule has 2 fully saturated rings. The third-order valence-electron chi connectivity index (χ3n) is 7.70. The van der Waals surface area contributed by atoms with Crippen molar-refractivity contribution in [2.45, 2.75) is 50.3 Å². The molecule has 2 aliphatic heterocycles. The molecule has 0 N–H and O–H groups in total. The van der Waals surface area contributed by atoms with Crippen molar-refractivity contribution in [1.29, 1.82) is 0 Å². The Morgan fingerprint density at radius 1 is 0.912 bits per heavy atom. The minimum absolute atomic E-state index is 0.0724. The smallest absolute Gasteiger partial charge is 0.150 e. The average molecular weight is 452 g/mol. The van der Waals surface area contributed by atoms with Crippen LogP contribution in [0, 0.1) is 0 Å². The van der Waals surface area contributed by atoms with Crippen molar-refractivity contribution in [3.05, 3.63) is 102 Å².